The summed E-state index contributed by atoms with van der Waals surface area (Å²) in [7, 11) is 0. The zero-order valence-corrected chi connectivity index (χ0v) is 13.7. The molecule has 4 heterocycles. The van der Waals surface area contributed by atoms with Gasteiger partial charge in [0.15, 0.2) is 0 Å². The molecule has 4 rings (SSSR count). The van der Waals surface area contributed by atoms with Gasteiger partial charge in [-0.25, -0.2) is 9.97 Å². The molecule has 2 saturated heterocycles. The van der Waals surface area contributed by atoms with Gasteiger partial charge >= 0.3 is 0 Å². The van der Waals surface area contributed by atoms with Gasteiger partial charge < -0.3 is 9.64 Å². The van der Waals surface area contributed by atoms with Crippen molar-refractivity contribution in [2.45, 2.75) is 25.4 Å². The number of nitrogens with zero attached hydrogens (tertiary/aromatic N) is 6. The molecule has 0 radical (unpaired) electrons. The van der Waals surface area contributed by atoms with Crippen LogP contribution in [0.5, 0.6) is 0 Å². The van der Waals surface area contributed by atoms with Crippen molar-refractivity contribution in [1.82, 2.24) is 24.8 Å². The smallest absolute Gasteiger partial charge is 0.115 e. The first-order chi connectivity index (χ1) is 11.9. The van der Waals surface area contributed by atoms with Gasteiger partial charge in [-0.1, -0.05) is 0 Å². The van der Waals surface area contributed by atoms with Crippen molar-refractivity contribution >= 4 is 5.69 Å². The van der Waals surface area contributed by atoms with E-state index in [4.69, 9.17) is 9.72 Å². The van der Waals surface area contributed by atoms with Crippen LogP contribution in [0.4, 0.5) is 5.69 Å². The lowest BCUT2D eigenvalue weighted by molar-refractivity contribution is 0.0335. The molecule has 2 aliphatic heterocycles. The maximum Gasteiger partial charge on any atom is 0.115 e. The van der Waals surface area contributed by atoms with Gasteiger partial charge in [-0.2, -0.15) is 0 Å². The minimum atomic E-state index is 0.258. The summed E-state index contributed by atoms with van der Waals surface area (Å²) in [5.41, 5.74) is 3.13. The predicted octanol–water partition coefficient (Wildman–Crippen LogP) is 1.44. The number of anilines is 1. The molecule has 0 amide bonds. The Kier molecular flexibility index (Phi) is 4.62. The number of hydrogen-bond acceptors (Lipinski definition) is 7. The number of ether oxygens (including phenoxy) is 1. The van der Waals surface area contributed by atoms with Crippen LogP contribution in [-0.2, 0) is 11.3 Å². The zero-order chi connectivity index (χ0) is 16.2. The zero-order valence-electron chi connectivity index (χ0n) is 13.7. The quantitative estimate of drug-likeness (QED) is 0.842. The van der Waals surface area contributed by atoms with Crippen LogP contribution in [-0.4, -0.2) is 57.7 Å². The average Bonchev–Trinajstić information content (AvgIpc) is 3.13. The summed E-state index contributed by atoms with van der Waals surface area (Å²) in [5.74, 6) is 0. The summed E-state index contributed by atoms with van der Waals surface area (Å²) in [6.45, 7) is 5.37. The summed E-state index contributed by atoms with van der Waals surface area (Å²) in [6.07, 6.45) is 11.3. The molecule has 126 valence electrons. The van der Waals surface area contributed by atoms with Gasteiger partial charge in [-0.3, -0.25) is 14.9 Å². The number of morpholine rings is 1. The van der Waals surface area contributed by atoms with Gasteiger partial charge in [0.1, 0.15) is 6.33 Å². The first-order valence-corrected chi connectivity index (χ1v) is 8.53. The molecule has 1 unspecified atom stereocenters. The predicted molar refractivity (Wildman–Crippen MR) is 89.5 cm³/mol. The standard InChI is InChI=1S/C17H22N6O/c1-2-17(23(3-1)15-9-19-13-20-10-15)16-11-18-8-14(21-16)12-22-4-6-24-7-5-22/h8-11,13,17H,1-7,12H2. The summed E-state index contributed by atoms with van der Waals surface area (Å²) in [4.78, 5) is 22.3. The highest BCUT2D eigenvalue weighted by molar-refractivity contribution is 5.45. The van der Waals surface area contributed by atoms with Crippen molar-refractivity contribution in [3.05, 3.63) is 42.5 Å². The average molecular weight is 326 g/mol. The number of aromatic nitrogens is 4. The Labute approximate surface area is 141 Å². The van der Waals surface area contributed by atoms with Gasteiger partial charge in [-0.15, -0.1) is 0 Å². The Morgan fingerprint density at radius 2 is 1.83 bits per heavy atom. The van der Waals surface area contributed by atoms with Gasteiger partial charge in [0.05, 0.1) is 54.9 Å². The van der Waals surface area contributed by atoms with Crippen molar-refractivity contribution < 1.29 is 4.74 Å². The van der Waals surface area contributed by atoms with Crippen LogP contribution in [0, 0.1) is 0 Å². The van der Waals surface area contributed by atoms with Crippen LogP contribution in [0.15, 0.2) is 31.1 Å². The second kappa shape index (κ2) is 7.19. The van der Waals surface area contributed by atoms with Crippen LogP contribution in [0.25, 0.3) is 0 Å². The van der Waals surface area contributed by atoms with Crippen LogP contribution < -0.4 is 4.90 Å². The molecule has 7 heteroatoms. The largest absolute Gasteiger partial charge is 0.379 e. The third-order valence-corrected chi connectivity index (χ3v) is 4.67. The SMILES string of the molecule is c1ncc(N2CCCC2c2cncc(CN3CCOCC3)n2)cn1. The van der Waals surface area contributed by atoms with Crippen LogP contribution >= 0.6 is 0 Å². The molecule has 2 aliphatic rings. The van der Waals surface area contributed by atoms with Crippen molar-refractivity contribution in [1.29, 1.82) is 0 Å². The lowest BCUT2D eigenvalue weighted by Crippen LogP contribution is -2.36. The first-order valence-electron chi connectivity index (χ1n) is 8.53. The summed E-state index contributed by atoms with van der Waals surface area (Å²) < 4.78 is 5.41. The topological polar surface area (TPSA) is 67.3 Å². The van der Waals surface area contributed by atoms with E-state index in [2.05, 4.69) is 24.8 Å². The molecular formula is C17H22N6O. The summed E-state index contributed by atoms with van der Waals surface area (Å²) in [5, 5.41) is 0. The first kappa shape index (κ1) is 15.4. The summed E-state index contributed by atoms with van der Waals surface area (Å²) in [6, 6.07) is 0.258. The molecular weight excluding hydrogens is 304 g/mol. The highest BCUT2D eigenvalue weighted by Gasteiger charge is 2.28. The fraction of sp³-hybridized carbons (Fsp3) is 0.529. The maximum atomic E-state index is 5.41. The van der Waals surface area contributed by atoms with E-state index >= 15 is 0 Å². The van der Waals surface area contributed by atoms with Crippen LogP contribution in [0.2, 0.25) is 0 Å². The Morgan fingerprint density at radius 3 is 2.67 bits per heavy atom. The van der Waals surface area contributed by atoms with Crippen molar-refractivity contribution in [3.8, 4) is 0 Å². The molecule has 0 aromatic carbocycles. The fourth-order valence-corrected chi connectivity index (χ4v) is 3.47. The molecule has 0 N–H and O–H groups in total. The van der Waals surface area contributed by atoms with Gasteiger partial charge in [0.25, 0.3) is 0 Å². The second-order valence-corrected chi connectivity index (χ2v) is 6.27. The second-order valence-electron chi connectivity index (χ2n) is 6.27. The van der Waals surface area contributed by atoms with E-state index in [0.717, 1.165) is 69.3 Å². The third kappa shape index (κ3) is 3.37. The van der Waals surface area contributed by atoms with E-state index in [1.165, 1.54) is 0 Å². The minimum absolute atomic E-state index is 0.258. The molecule has 24 heavy (non-hydrogen) atoms. The van der Waals surface area contributed by atoms with E-state index in [1.54, 1.807) is 6.33 Å². The lowest BCUT2D eigenvalue weighted by Gasteiger charge is -2.27. The molecule has 0 saturated carbocycles. The maximum absolute atomic E-state index is 5.41. The van der Waals surface area contributed by atoms with E-state index in [9.17, 15) is 0 Å². The molecule has 1 atom stereocenters. The Balaban J connectivity index is 1.52. The van der Waals surface area contributed by atoms with Crippen LogP contribution in [0.3, 0.4) is 0 Å². The van der Waals surface area contributed by atoms with E-state index in [1.807, 2.05) is 24.8 Å². The molecule has 0 aliphatic carbocycles. The molecule has 2 fully saturated rings. The highest BCUT2D eigenvalue weighted by atomic mass is 16.5. The van der Waals surface area contributed by atoms with Crippen molar-refractivity contribution in [3.63, 3.8) is 0 Å². The lowest BCUT2D eigenvalue weighted by atomic mass is 10.1. The Morgan fingerprint density at radius 1 is 1.00 bits per heavy atom. The van der Waals surface area contributed by atoms with E-state index in [0.29, 0.717) is 0 Å². The van der Waals surface area contributed by atoms with Gasteiger partial charge in [0, 0.05) is 32.4 Å². The molecule has 0 spiro atoms. The highest BCUT2D eigenvalue weighted by Crippen LogP contribution is 2.34. The summed E-state index contributed by atoms with van der Waals surface area (Å²) >= 11 is 0. The monoisotopic (exact) mass is 326 g/mol. The molecule has 0 bridgehead atoms. The number of hydrogen-bond donors (Lipinski definition) is 0. The fourth-order valence-electron chi connectivity index (χ4n) is 3.47. The van der Waals surface area contributed by atoms with Gasteiger partial charge in [0.2, 0.25) is 0 Å². The minimum Gasteiger partial charge on any atom is -0.379 e. The Bertz CT molecular complexity index is 661. The van der Waals surface area contributed by atoms with Gasteiger partial charge in [-0.05, 0) is 12.8 Å². The molecule has 2 aromatic heterocycles. The number of rotatable bonds is 4. The van der Waals surface area contributed by atoms with E-state index in [-0.39, 0.29) is 6.04 Å². The molecule has 7 nitrogen and oxygen atoms in total. The normalized spacial score (nSPS) is 22.0. The van der Waals surface area contributed by atoms with Crippen molar-refractivity contribution in [2.75, 3.05) is 37.7 Å². The Hall–Kier alpha value is -2.12. The molecule has 2 aromatic rings. The third-order valence-electron chi connectivity index (χ3n) is 4.67. The van der Waals surface area contributed by atoms with E-state index < -0.39 is 0 Å². The van der Waals surface area contributed by atoms with Crippen LogP contribution in [0.1, 0.15) is 30.3 Å². The van der Waals surface area contributed by atoms with Crippen molar-refractivity contribution in [2.24, 2.45) is 0 Å².